The predicted octanol–water partition coefficient (Wildman–Crippen LogP) is 4.29. The van der Waals surface area contributed by atoms with Crippen molar-refractivity contribution in [2.75, 3.05) is 5.32 Å². The molecule has 3 nitrogen and oxygen atoms in total. The summed E-state index contributed by atoms with van der Waals surface area (Å²) in [7, 11) is 0. The summed E-state index contributed by atoms with van der Waals surface area (Å²) in [5, 5.41) is 3.22. The van der Waals surface area contributed by atoms with Crippen LogP contribution in [0.4, 0.5) is 10.5 Å². The molecular formula is C11H13ClINO2. The van der Waals surface area contributed by atoms with E-state index in [1.807, 2.05) is 26.8 Å². The molecule has 0 saturated heterocycles. The fraction of sp³-hybridized carbons (Fsp3) is 0.364. The molecule has 0 spiro atoms. The Morgan fingerprint density at radius 2 is 2.06 bits per heavy atom. The topological polar surface area (TPSA) is 38.3 Å². The molecule has 1 aromatic rings. The quantitative estimate of drug-likeness (QED) is 0.765. The third kappa shape index (κ3) is 4.57. The largest absolute Gasteiger partial charge is 0.444 e. The molecule has 0 unspecified atom stereocenters. The van der Waals surface area contributed by atoms with Gasteiger partial charge >= 0.3 is 6.09 Å². The second-order valence-corrected chi connectivity index (χ2v) is 5.83. The number of ether oxygens (including phenoxy) is 1. The summed E-state index contributed by atoms with van der Waals surface area (Å²) in [6.45, 7) is 5.44. The number of carbonyl (C=O) groups excluding carboxylic acids is 1. The van der Waals surface area contributed by atoms with Crippen molar-refractivity contribution in [3.05, 3.63) is 26.8 Å². The lowest BCUT2D eigenvalue weighted by atomic mass is 10.2. The first-order valence-corrected chi connectivity index (χ1v) is 6.19. The van der Waals surface area contributed by atoms with Crippen LogP contribution in [-0.4, -0.2) is 11.7 Å². The van der Waals surface area contributed by atoms with Crippen molar-refractivity contribution in [1.29, 1.82) is 0 Å². The maximum atomic E-state index is 11.4. The lowest BCUT2D eigenvalue weighted by molar-refractivity contribution is 0.0636. The van der Waals surface area contributed by atoms with Crippen LogP contribution in [0.15, 0.2) is 18.2 Å². The summed E-state index contributed by atoms with van der Waals surface area (Å²) >= 11 is 8.05. The van der Waals surface area contributed by atoms with Crippen LogP contribution in [0.5, 0.6) is 0 Å². The SMILES string of the molecule is CC(C)(C)OC(=O)Nc1ccc(I)c(Cl)c1. The number of nitrogens with one attached hydrogen (secondary N) is 1. The molecule has 0 saturated carbocycles. The highest BCUT2D eigenvalue weighted by atomic mass is 127. The molecule has 1 N–H and O–H groups in total. The van der Waals surface area contributed by atoms with Crippen molar-refractivity contribution in [2.45, 2.75) is 26.4 Å². The maximum Gasteiger partial charge on any atom is 0.412 e. The van der Waals surface area contributed by atoms with Crippen molar-refractivity contribution < 1.29 is 9.53 Å². The van der Waals surface area contributed by atoms with Crippen LogP contribution in [0, 0.1) is 3.57 Å². The van der Waals surface area contributed by atoms with E-state index in [0.717, 1.165) is 3.57 Å². The highest BCUT2D eigenvalue weighted by Crippen LogP contribution is 2.22. The molecule has 0 aliphatic heterocycles. The minimum Gasteiger partial charge on any atom is -0.444 e. The average Bonchev–Trinajstić information content (AvgIpc) is 2.08. The number of hydrogen-bond acceptors (Lipinski definition) is 2. The van der Waals surface area contributed by atoms with Gasteiger partial charge in [-0.25, -0.2) is 4.79 Å². The fourth-order valence-corrected chi connectivity index (χ4v) is 1.51. The van der Waals surface area contributed by atoms with Crippen molar-refractivity contribution in [1.82, 2.24) is 0 Å². The van der Waals surface area contributed by atoms with E-state index in [9.17, 15) is 4.79 Å². The van der Waals surface area contributed by atoms with E-state index in [-0.39, 0.29) is 0 Å². The number of benzene rings is 1. The molecule has 0 aliphatic carbocycles. The molecule has 5 heteroatoms. The standard InChI is InChI=1S/C11H13ClINO2/c1-11(2,3)16-10(15)14-7-4-5-9(13)8(12)6-7/h4-6H,1-3H3,(H,14,15). The zero-order valence-corrected chi connectivity index (χ0v) is 12.2. The molecule has 0 bridgehead atoms. The van der Waals surface area contributed by atoms with Gasteiger partial charge in [0.25, 0.3) is 0 Å². The van der Waals surface area contributed by atoms with E-state index in [0.29, 0.717) is 10.7 Å². The van der Waals surface area contributed by atoms with Crippen LogP contribution >= 0.6 is 34.2 Å². The molecule has 0 aromatic heterocycles. The summed E-state index contributed by atoms with van der Waals surface area (Å²) in [6.07, 6.45) is -0.482. The van der Waals surface area contributed by atoms with Crippen molar-refractivity contribution in [2.24, 2.45) is 0 Å². The van der Waals surface area contributed by atoms with Gasteiger partial charge in [-0.2, -0.15) is 0 Å². The third-order valence-corrected chi connectivity index (χ3v) is 3.14. The second kappa shape index (κ2) is 5.23. The minimum atomic E-state index is -0.503. The van der Waals surface area contributed by atoms with Crippen molar-refractivity contribution in [3.63, 3.8) is 0 Å². The van der Waals surface area contributed by atoms with E-state index in [1.54, 1.807) is 12.1 Å². The van der Waals surface area contributed by atoms with Gasteiger partial charge in [-0.05, 0) is 61.6 Å². The average molecular weight is 354 g/mol. The van der Waals surface area contributed by atoms with Gasteiger partial charge in [-0.15, -0.1) is 0 Å². The molecular weight excluding hydrogens is 340 g/mol. The number of amides is 1. The van der Waals surface area contributed by atoms with Gasteiger partial charge in [0.1, 0.15) is 5.60 Å². The van der Waals surface area contributed by atoms with Gasteiger partial charge in [-0.1, -0.05) is 11.6 Å². The molecule has 0 aliphatic rings. The van der Waals surface area contributed by atoms with Crippen molar-refractivity contribution in [3.8, 4) is 0 Å². The Bertz CT molecular complexity index is 401. The van der Waals surface area contributed by atoms with E-state index in [1.165, 1.54) is 0 Å². The number of halogens is 2. The monoisotopic (exact) mass is 353 g/mol. The first-order chi connectivity index (χ1) is 7.28. The predicted molar refractivity (Wildman–Crippen MR) is 74.0 cm³/mol. The molecule has 0 atom stereocenters. The Hall–Kier alpha value is -0.490. The van der Waals surface area contributed by atoms with Crippen molar-refractivity contribution >= 4 is 46.0 Å². The Morgan fingerprint density at radius 1 is 1.44 bits per heavy atom. The molecule has 1 rings (SSSR count). The number of carbonyl (C=O) groups is 1. The zero-order chi connectivity index (χ0) is 12.3. The van der Waals surface area contributed by atoms with Gasteiger partial charge in [0.05, 0.1) is 5.02 Å². The molecule has 0 heterocycles. The molecule has 0 fully saturated rings. The van der Waals surface area contributed by atoms with E-state index < -0.39 is 11.7 Å². The molecule has 1 aromatic carbocycles. The third-order valence-electron chi connectivity index (χ3n) is 1.56. The Morgan fingerprint density at radius 3 is 2.56 bits per heavy atom. The van der Waals surface area contributed by atoms with Crippen LogP contribution in [-0.2, 0) is 4.74 Å². The minimum absolute atomic E-state index is 0.482. The van der Waals surface area contributed by atoms with Gasteiger partial charge in [0.2, 0.25) is 0 Å². The van der Waals surface area contributed by atoms with Gasteiger partial charge in [0.15, 0.2) is 0 Å². The lowest BCUT2D eigenvalue weighted by Crippen LogP contribution is -2.27. The summed E-state index contributed by atoms with van der Waals surface area (Å²) < 4.78 is 6.06. The summed E-state index contributed by atoms with van der Waals surface area (Å²) in [5.74, 6) is 0. The van der Waals surface area contributed by atoms with Crippen LogP contribution in [0.3, 0.4) is 0 Å². The normalized spacial score (nSPS) is 11.1. The first kappa shape index (κ1) is 13.6. The van der Waals surface area contributed by atoms with Crippen LogP contribution in [0.1, 0.15) is 20.8 Å². The second-order valence-electron chi connectivity index (χ2n) is 4.26. The molecule has 16 heavy (non-hydrogen) atoms. The summed E-state index contributed by atoms with van der Waals surface area (Å²) in [6, 6.07) is 5.29. The number of rotatable bonds is 1. The van der Waals surface area contributed by atoms with Gasteiger partial charge in [0, 0.05) is 9.26 Å². The Labute approximate surface area is 114 Å². The number of anilines is 1. The highest BCUT2D eigenvalue weighted by Gasteiger charge is 2.16. The Balaban J connectivity index is 2.67. The van der Waals surface area contributed by atoms with E-state index >= 15 is 0 Å². The summed E-state index contributed by atoms with van der Waals surface area (Å²) in [4.78, 5) is 11.4. The fourth-order valence-electron chi connectivity index (χ4n) is 0.995. The summed E-state index contributed by atoms with van der Waals surface area (Å²) in [5.41, 5.74) is 0.122. The van der Waals surface area contributed by atoms with E-state index in [4.69, 9.17) is 16.3 Å². The molecule has 0 radical (unpaired) electrons. The highest BCUT2D eigenvalue weighted by molar-refractivity contribution is 14.1. The first-order valence-electron chi connectivity index (χ1n) is 4.73. The lowest BCUT2D eigenvalue weighted by Gasteiger charge is -2.19. The van der Waals surface area contributed by atoms with Crippen LogP contribution in [0.25, 0.3) is 0 Å². The maximum absolute atomic E-state index is 11.4. The van der Waals surface area contributed by atoms with E-state index in [2.05, 4.69) is 27.9 Å². The number of hydrogen-bond donors (Lipinski definition) is 1. The smallest absolute Gasteiger partial charge is 0.412 e. The zero-order valence-electron chi connectivity index (χ0n) is 9.30. The van der Waals surface area contributed by atoms with Crippen LogP contribution < -0.4 is 5.32 Å². The van der Waals surface area contributed by atoms with Crippen LogP contribution in [0.2, 0.25) is 5.02 Å². The molecule has 88 valence electrons. The van der Waals surface area contributed by atoms with Gasteiger partial charge in [-0.3, -0.25) is 5.32 Å². The van der Waals surface area contributed by atoms with Gasteiger partial charge < -0.3 is 4.74 Å². The Kier molecular flexibility index (Phi) is 4.43. The molecule has 1 amide bonds.